The van der Waals surface area contributed by atoms with Crippen LogP contribution in [0.4, 0.5) is 8.78 Å². The molecule has 0 saturated heterocycles. The number of carbonyl (C=O) groups excluding carboxylic acids is 1. The van der Waals surface area contributed by atoms with Crippen molar-refractivity contribution in [3.63, 3.8) is 0 Å². The zero-order valence-electron chi connectivity index (χ0n) is 15.0. The second-order valence-corrected chi connectivity index (χ2v) is 8.70. The summed E-state index contributed by atoms with van der Waals surface area (Å²) in [7, 11) is -2.04. The van der Waals surface area contributed by atoms with E-state index in [9.17, 15) is 22.9 Å². The average molecular weight is 402 g/mol. The van der Waals surface area contributed by atoms with Crippen LogP contribution in [0.1, 0.15) is 12.5 Å². The number of benzene rings is 1. The Morgan fingerprint density at radius 2 is 2.19 bits per heavy atom. The maximum atomic E-state index is 14.4. The van der Waals surface area contributed by atoms with Gasteiger partial charge in [-0.15, -0.1) is 0 Å². The smallest absolute Gasteiger partial charge is 0.328 e. The first-order valence-corrected chi connectivity index (χ1v) is 9.82. The fourth-order valence-electron chi connectivity index (χ4n) is 2.55. The molecule has 0 saturated carbocycles. The monoisotopic (exact) mass is 402 g/mol. The van der Waals surface area contributed by atoms with Gasteiger partial charge in [-0.25, -0.2) is 27.0 Å². The molecule has 0 aliphatic carbocycles. The van der Waals surface area contributed by atoms with Crippen LogP contribution in [-0.4, -0.2) is 55.2 Å². The van der Waals surface area contributed by atoms with Gasteiger partial charge in [-0.1, -0.05) is 6.07 Å². The van der Waals surface area contributed by atoms with Crippen LogP contribution >= 0.6 is 0 Å². The SMILES string of the molecule is COC(=O)CN=[S@](C)(=O)[C@H](C)[C@](O)(Cn1cncn1)c1ccc(F)cc1F. The van der Waals surface area contributed by atoms with Crippen LogP contribution in [-0.2, 0) is 31.4 Å². The van der Waals surface area contributed by atoms with Crippen LogP contribution in [0.5, 0.6) is 0 Å². The van der Waals surface area contributed by atoms with Gasteiger partial charge in [0.2, 0.25) is 0 Å². The molecule has 27 heavy (non-hydrogen) atoms. The van der Waals surface area contributed by atoms with Crippen molar-refractivity contribution in [2.45, 2.75) is 24.3 Å². The van der Waals surface area contributed by atoms with E-state index in [2.05, 4.69) is 19.2 Å². The third kappa shape index (κ3) is 4.66. The molecule has 0 unspecified atom stereocenters. The lowest BCUT2D eigenvalue weighted by atomic mass is 9.90. The Hall–Kier alpha value is -2.40. The van der Waals surface area contributed by atoms with Gasteiger partial charge >= 0.3 is 5.97 Å². The van der Waals surface area contributed by atoms with Gasteiger partial charge in [0.05, 0.1) is 28.6 Å². The van der Waals surface area contributed by atoms with Crippen LogP contribution in [0, 0.1) is 11.6 Å². The molecule has 1 N–H and O–H groups in total. The number of nitrogens with zero attached hydrogens (tertiary/aromatic N) is 4. The average Bonchev–Trinajstić information content (AvgIpc) is 3.11. The van der Waals surface area contributed by atoms with E-state index >= 15 is 0 Å². The van der Waals surface area contributed by atoms with E-state index < -0.39 is 44.7 Å². The first kappa shape index (κ1) is 20.9. The molecule has 1 aromatic heterocycles. The largest absolute Gasteiger partial charge is 0.468 e. The molecule has 3 atom stereocenters. The number of halogens is 2. The minimum absolute atomic E-state index is 0.269. The van der Waals surface area contributed by atoms with Gasteiger partial charge in [0.15, 0.2) is 0 Å². The normalized spacial score (nSPS) is 16.8. The molecule has 2 rings (SSSR count). The third-order valence-corrected chi connectivity index (χ3v) is 6.62. The molecule has 0 radical (unpaired) electrons. The highest BCUT2D eigenvalue weighted by Crippen LogP contribution is 2.34. The molecule has 2 aromatic rings. The summed E-state index contributed by atoms with van der Waals surface area (Å²) in [4.78, 5) is 15.1. The highest BCUT2D eigenvalue weighted by Gasteiger charge is 2.43. The summed E-state index contributed by atoms with van der Waals surface area (Å²) >= 11 is 0. The van der Waals surface area contributed by atoms with E-state index in [0.717, 1.165) is 19.2 Å². The molecule has 11 heteroatoms. The molecule has 8 nitrogen and oxygen atoms in total. The van der Waals surface area contributed by atoms with Crippen molar-refractivity contribution in [2.24, 2.45) is 4.36 Å². The number of aromatic nitrogens is 3. The number of ether oxygens (including phenoxy) is 1. The Morgan fingerprint density at radius 3 is 2.74 bits per heavy atom. The predicted octanol–water partition coefficient (Wildman–Crippen LogP) is 1.10. The lowest BCUT2D eigenvalue weighted by Gasteiger charge is -2.35. The van der Waals surface area contributed by atoms with Crippen LogP contribution in [0.3, 0.4) is 0 Å². The molecule has 1 aromatic carbocycles. The van der Waals surface area contributed by atoms with Crippen LogP contribution in [0.25, 0.3) is 0 Å². The number of hydrogen-bond donors (Lipinski definition) is 1. The van der Waals surface area contributed by atoms with Gasteiger partial charge in [0.25, 0.3) is 0 Å². The van der Waals surface area contributed by atoms with E-state index in [4.69, 9.17) is 0 Å². The summed E-state index contributed by atoms with van der Waals surface area (Å²) in [5.41, 5.74) is -2.34. The van der Waals surface area contributed by atoms with Crippen molar-refractivity contribution < 1.29 is 27.6 Å². The molecular weight excluding hydrogens is 382 g/mol. The van der Waals surface area contributed by atoms with Crippen molar-refractivity contribution in [3.05, 3.63) is 48.1 Å². The molecule has 1 heterocycles. The van der Waals surface area contributed by atoms with Crippen molar-refractivity contribution >= 4 is 15.7 Å². The van der Waals surface area contributed by atoms with Crippen molar-refractivity contribution in [3.8, 4) is 0 Å². The summed E-state index contributed by atoms with van der Waals surface area (Å²) in [5, 5.41) is 14.1. The highest BCUT2D eigenvalue weighted by molar-refractivity contribution is 7.93. The molecule has 0 amide bonds. The summed E-state index contributed by atoms with van der Waals surface area (Å²) < 4.78 is 50.4. The Kier molecular flexibility index (Phi) is 6.26. The minimum atomic E-state index is -3.20. The van der Waals surface area contributed by atoms with Gasteiger partial charge in [0, 0.05) is 17.9 Å². The fourth-order valence-corrected chi connectivity index (χ4v) is 4.06. The predicted molar refractivity (Wildman–Crippen MR) is 93.1 cm³/mol. The quantitative estimate of drug-likeness (QED) is 0.695. The maximum absolute atomic E-state index is 14.4. The second kappa shape index (κ2) is 8.09. The Bertz CT molecular complexity index is 929. The van der Waals surface area contributed by atoms with Crippen molar-refractivity contribution in [1.29, 1.82) is 0 Å². The summed E-state index contributed by atoms with van der Waals surface area (Å²) in [6.45, 7) is 0.611. The third-order valence-electron chi connectivity index (χ3n) is 4.27. The molecule has 0 spiro atoms. The first-order chi connectivity index (χ1) is 12.6. The maximum Gasteiger partial charge on any atom is 0.328 e. The van der Waals surface area contributed by atoms with E-state index in [1.807, 2.05) is 0 Å². The second-order valence-electron chi connectivity index (χ2n) is 6.01. The minimum Gasteiger partial charge on any atom is -0.468 e. The van der Waals surface area contributed by atoms with Gasteiger partial charge < -0.3 is 9.84 Å². The molecule has 0 aliphatic heterocycles. The summed E-state index contributed by atoms with van der Waals surface area (Å²) in [6.07, 6.45) is 3.76. The number of aliphatic hydroxyl groups is 1. The summed E-state index contributed by atoms with van der Waals surface area (Å²) in [6, 6.07) is 2.69. The lowest BCUT2D eigenvalue weighted by Crippen LogP contribution is -2.46. The van der Waals surface area contributed by atoms with E-state index in [0.29, 0.717) is 6.07 Å². The standard InChI is InChI=1S/C16H20F2N4O4S/c1-11(27(3,25)21-7-15(23)26-2)16(24,8-22-10-19-9-20-22)13-5-4-12(17)6-14(13)18/h4-6,9-11,24H,7-8H2,1-3H3/t11-,16-,27-/m1/s1. The van der Waals surface area contributed by atoms with Gasteiger partial charge in [-0.05, 0) is 13.0 Å². The zero-order valence-corrected chi connectivity index (χ0v) is 15.8. The molecule has 0 bridgehead atoms. The number of rotatable bonds is 7. The van der Waals surface area contributed by atoms with Gasteiger partial charge in [-0.3, -0.25) is 4.79 Å². The highest BCUT2D eigenvalue weighted by atomic mass is 32.2. The lowest BCUT2D eigenvalue weighted by molar-refractivity contribution is -0.138. The van der Waals surface area contributed by atoms with Crippen LogP contribution < -0.4 is 0 Å². The number of methoxy groups -OCH3 is 1. The van der Waals surface area contributed by atoms with Crippen LogP contribution in [0.2, 0.25) is 0 Å². The van der Waals surface area contributed by atoms with E-state index in [-0.39, 0.29) is 12.1 Å². The molecule has 0 fully saturated rings. The Labute approximate surface area is 155 Å². The topological polar surface area (TPSA) is 107 Å². The first-order valence-electron chi connectivity index (χ1n) is 7.84. The Balaban J connectivity index is 2.54. The van der Waals surface area contributed by atoms with E-state index in [1.165, 1.54) is 30.5 Å². The number of esters is 1. The molecule has 148 valence electrons. The number of carbonyl (C=O) groups is 1. The number of hydrogen-bond acceptors (Lipinski definition) is 7. The fraction of sp³-hybridized carbons (Fsp3) is 0.438. The zero-order chi connectivity index (χ0) is 20.2. The van der Waals surface area contributed by atoms with E-state index in [1.54, 1.807) is 0 Å². The van der Waals surface area contributed by atoms with Crippen LogP contribution in [0.15, 0.2) is 35.2 Å². The van der Waals surface area contributed by atoms with Gasteiger partial charge in [0.1, 0.15) is 36.4 Å². The van der Waals surface area contributed by atoms with Crippen molar-refractivity contribution in [1.82, 2.24) is 14.8 Å². The Morgan fingerprint density at radius 1 is 1.48 bits per heavy atom. The molecule has 0 aliphatic rings. The van der Waals surface area contributed by atoms with Gasteiger partial charge in [-0.2, -0.15) is 5.10 Å². The molecular formula is C16H20F2N4O4S. The summed E-state index contributed by atoms with van der Waals surface area (Å²) in [5.74, 6) is -2.53. The van der Waals surface area contributed by atoms with Crippen molar-refractivity contribution in [2.75, 3.05) is 19.9 Å².